The van der Waals surface area contributed by atoms with Crippen LogP contribution in [0.3, 0.4) is 0 Å². The van der Waals surface area contributed by atoms with Crippen LogP contribution in [0.4, 0.5) is 17.1 Å². The van der Waals surface area contributed by atoms with Crippen LogP contribution < -0.4 is 19.5 Å². The molecule has 3 aliphatic rings. The molecule has 0 bridgehead atoms. The fourth-order valence-corrected chi connectivity index (χ4v) is 5.42. The van der Waals surface area contributed by atoms with E-state index in [1.165, 1.54) is 5.56 Å². The van der Waals surface area contributed by atoms with E-state index in [1.54, 1.807) is 7.11 Å². The highest BCUT2D eigenvalue weighted by Gasteiger charge is 2.49. The van der Waals surface area contributed by atoms with Crippen molar-refractivity contribution < 1.29 is 10.2 Å². The van der Waals surface area contributed by atoms with E-state index < -0.39 is 0 Å². The number of hydrogen-bond donors (Lipinski definition) is 1. The van der Waals surface area contributed by atoms with Gasteiger partial charge in [-0.05, 0) is 64.3 Å². The van der Waals surface area contributed by atoms with Crippen molar-refractivity contribution in [3.63, 3.8) is 0 Å². The second-order valence-electron chi connectivity index (χ2n) is 9.88. The molecule has 1 atom stereocenters. The predicted octanol–water partition coefficient (Wildman–Crippen LogP) is 4.21. The number of nitriles is 1. The molecule has 0 saturated carbocycles. The van der Waals surface area contributed by atoms with Gasteiger partial charge in [0.25, 0.3) is 5.84 Å². The molecular weight excluding hydrogens is 502 g/mol. The minimum Gasteiger partial charge on any atom is -0.497 e. The Labute approximate surface area is 234 Å². The summed E-state index contributed by atoms with van der Waals surface area (Å²) >= 11 is 0. The number of quaternary nitrogens is 1. The molecule has 3 N–H and O–H groups in total. The first-order valence-electron chi connectivity index (χ1n) is 13.4. The summed E-state index contributed by atoms with van der Waals surface area (Å²) in [6.07, 6.45) is 6.48. The number of nitrogens with zero attached hydrogens (tertiary/aromatic N) is 6. The summed E-state index contributed by atoms with van der Waals surface area (Å²) < 4.78 is 4.97. The van der Waals surface area contributed by atoms with Crippen molar-refractivity contribution in [3.05, 3.63) is 89.5 Å². The largest absolute Gasteiger partial charge is 0.497 e. The number of anilines is 2. The first-order chi connectivity index (χ1) is 19.1. The van der Waals surface area contributed by atoms with Gasteiger partial charge in [-0.25, -0.2) is 0 Å². The Morgan fingerprint density at radius 1 is 1.00 bits per heavy atom. The lowest BCUT2D eigenvalue weighted by Gasteiger charge is -2.36. The molecule has 0 amide bonds. The number of benzene rings is 3. The second-order valence-corrected chi connectivity index (χ2v) is 9.88. The van der Waals surface area contributed by atoms with E-state index in [0.717, 1.165) is 66.7 Å². The van der Waals surface area contributed by atoms with Gasteiger partial charge in [-0.2, -0.15) is 4.99 Å². The van der Waals surface area contributed by atoms with Crippen molar-refractivity contribution in [1.82, 2.24) is 9.49 Å². The molecule has 0 aromatic heterocycles. The number of rotatable bonds is 7. The SMILES string of the molecule is CCN1CCN(c2cc3c(c(NCc4ccccc4)c2)[N+]2(C#N)N=C(c4ccc(OC)cc4)N=C2C=C3)CC1.O. The molecule has 3 aliphatic heterocycles. The van der Waals surface area contributed by atoms with Gasteiger partial charge in [-0.1, -0.05) is 37.3 Å². The number of methoxy groups -OCH3 is 1. The van der Waals surface area contributed by atoms with E-state index in [4.69, 9.17) is 14.8 Å². The summed E-state index contributed by atoms with van der Waals surface area (Å²) in [6.45, 7) is 7.95. The number of amidine groups is 2. The van der Waals surface area contributed by atoms with Crippen molar-refractivity contribution in [3.8, 4) is 11.9 Å². The first kappa shape index (κ1) is 27.1. The maximum atomic E-state index is 10.7. The summed E-state index contributed by atoms with van der Waals surface area (Å²) in [5, 5.41) is 19.3. The first-order valence-corrected chi connectivity index (χ1v) is 13.4. The summed E-state index contributed by atoms with van der Waals surface area (Å²) in [5.41, 5.74) is 5.82. The van der Waals surface area contributed by atoms with Crippen molar-refractivity contribution in [1.29, 1.82) is 5.26 Å². The lowest BCUT2D eigenvalue weighted by molar-refractivity contribution is 0.271. The maximum absolute atomic E-state index is 10.7. The van der Waals surface area contributed by atoms with Crippen molar-refractivity contribution >= 4 is 34.8 Å². The zero-order chi connectivity index (χ0) is 26.8. The van der Waals surface area contributed by atoms with E-state index in [-0.39, 0.29) is 10.1 Å². The van der Waals surface area contributed by atoms with Crippen LogP contribution in [0.25, 0.3) is 6.08 Å². The fourth-order valence-electron chi connectivity index (χ4n) is 5.42. The molecule has 1 saturated heterocycles. The highest BCUT2D eigenvalue weighted by Crippen LogP contribution is 2.45. The van der Waals surface area contributed by atoms with Gasteiger partial charge < -0.3 is 25.3 Å². The normalized spacial score (nSPS) is 19.5. The van der Waals surface area contributed by atoms with E-state index in [0.29, 0.717) is 18.2 Å². The van der Waals surface area contributed by atoms with Crippen LogP contribution in [-0.2, 0) is 6.54 Å². The molecular formula is C31H34N7O2+. The van der Waals surface area contributed by atoms with E-state index in [2.05, 4.69) is 58.6 Å². The predicted molar refractivity (Wildman–Crippen MR) is 162 cm³/mol. The topological polar surface area (TPSA) is 108 Å². The summed E-state index contributed by atoms with van der Waals surface area (Å²) in [6, 6.07) is 22.3. The molecule has 40 heavy (non-hydrogen) atoms. The van der Waals surface area contributed by atoms with Crippen LogP contribution in [-0.4, -0.2) is 61.9 Å². The molecule has 1 unspecified atom stereocenters. The minimum atomic E-state index is -0.339. The smallest absolute Gasteiger partial charge is 0.351 e. The lowest BCUT2D eigenvalue weighted by atomic mass is 10.0. The molecule has 1 fully saturated rings. The molecule has 0 spiro atoms. The quantitative estimate of drug-likeness (QED) is 0.360. The minimum absolute atomic E-state index is 0. The van der Waals surface area contributed by atoms with Crippen molar-refractivity contribution in [2.75, 3.05) is 50.1 Å². The molecule has 0 radical (unpaired) electrons. The van der Waals surface area contributed by atoms with Gasteiger partial charge in [0, 0.05) is 55.6 Å². The highest BCUT2D eigenvalue weighted by atomic mass is 16.5. The van der Waals surface area contributed by atoms with Crippen molar-refractivity contribution in [2.24, 2.45) is 10.1 Å². The van der Waals surface area contributed by atoms with Gasteiger partial charge in [-0.15, -0.1) is 5.26 Å². The molecule has 3 aromatic carbocycles. The van der Waals surface area contributed by atoms with Crippen LogP contribution in [0.2, 0.25) is 0 Å². The third kappa shape index (κ3) is 4.84. The third-order valence-electron chi connectivity index (χ3n) is 7.66. The number of fused-ring (bicyclic) bond motifs is 3. The Balaban J connectivity index is 0.00000323. The summed E-state index contributed by atoms with van der Waals surface area (Å²) in [7, 11) is 1.64. The number of aliphatic imine (C=N–C) groups is 1. The molecule has 9 nitrogen and oxygen atoms in total. The Morgan fingerprint density at radius 3 is 2.42 bits per heavy atom. The molecule has 9 heteroatoms. The fraction of sp³-hybridized carbons (Fsp3) is 0.258. The third-order valence-corrected chi connectivity index (χ3v) is 7.66. The van der Waals surface area contributed by atoms with Crippen molar-refractivity contribution in [2.45, 2.75) is 13.5 Å². The van der Waals surface area contributed by atoms with Crippen LogP contribution >= 0.6 is 0 Å². The molecule has 3 aromatic rings. The van der Waals surface area contributed by atoms with E-state index in [1.807, 2.05) is 48.5 Å². The lowest BCUT2D eigenvalue weighted by Crippen LogP contribution is -2.46. The Bertz CT molecular complexity index is 1500. The van der Waals surface area contributed by atoms with Gasteiger partial charge in [0.15, 0.2) is 0 Å². The van der Waals surface area contributed by atoms with Crippen LogP contribution in [0, 0.1) is 11.5 Å². The Hall–Kier alpha value is -4.49. The van der Waals surface area contributed by atoms with E-state index >= 15 is 0 Å². The molecule has 204 valence electrons. The number of nitrogens with one attached hydrogen (secondary N) is 1. The summed E-state index contributed by atoms with van der Waals surface area (Å²) in [5.74, 6) is 1.88. The average Bonchev–Trinajstić information content (AvgIpc) is 3.40. The van der Waals surface area contributed by atoms with Gasteiger partial charge in [0.05, 0.1) is 7.11 Å². The number of hydrogen-bond acceptors (Lipinski definition) is 7. The van der Waals surface area contributed by atoms with Crippen LogP contribution in [0.1, 0.15) is 23.6 Å². The van der Waals surface area contributed by atoms with Crippen LogP contribution in [0.15, 0.2) is 82.9 Å². The van der Waals surface area contributed by atoms with Gasteiger partial charge in [0.1, 0.15) is 11.4 Å². The zero-order valence-electron chi connectivity index (χ0n) is 22.8. The van der Waals surface area contributed by atoms with Crippen LogP contribution in [0.5, 0.6) is 5.75 Å². The Kier molecular flexibility index (Phi) is 7.67. The van der Waals surface area contributed by atoms with Gasteiger partial charge in [-0.3, -0.25) is 0 Å². The molecule has 6 rings (SSSR count). The molecule has 0 aliphatic carbocycles. The van der Waals surface area contributed by atoms with Gasteiger partial charge >= 0.3 is 6.19 Å². The number of ether oxygens (including phenoxy) is 1. The monoisotopic (exact) mass is 536 g/mol. The summed E-state index contributed by atoms with van der Waals surface area (Å²) in [4.78, 5) is 9.72. The Morgan fingerprint density at radius 2 is 1.75 bits per heavy atom. The standard InChI is InChI=1S/C31H32N7O.H2O/c1-3-36-15-17-37(18-16-36)26-19-25-11-14-29-34-31(24-9-12-27(39-2)13-10-24)35-38(29,22-32)30(25)28(20-26)33-21-23-7-5-4-6-8-23;/h4-14,19-20,33H,3,15-18,21H2,1-2H3;1H2/q+1;. The highest BCUT2D eigenvalue weighted by molar-refractivity contribution is 6.21. The molecule has 3 heterocycles. The zero-order valence-corrected chi connectivity index (χ0v) is 22.8. The van der Waals surface area contributed by atoms with E-state index in [9.17, 15) is 5.26 Å². The number of likely N-dealkylation sites (N-methyl/N-ethyl adjacent to an activating group) is 1. The maximum Gasteiger partial charge on any atom is 0.351 e. The second kappa shape index (κ2) is 11.3. The average molecular weight is 537 g/mol. The number of piperazine rings is 1. The van der Waals surface area contributed by atoms with Gasteiger partial charge in [0.2, 0.25) is 11.5 Å².